The molecule has 0 aromatic heterocycles. The van der Waals surface area contributed by atoms with Crippen LogP contribution in [-0.4, -0.2) is 31.6 Å². The van der Waals surface area contributed by atoms with Gasteiger partial charge in [0.25, 0.3) is 10.1 Å². The molecule has 12 heteroatoms. The van der Waals surface area contributed by atoms with Crippen LogP contribution in [0, 0.1) is 0 Å². The fraction of sp³-hybridized carbons (Fsp3) is 0. The molecule has 10 nitrogen and oxygen atoms in total. The van der Waals surface area contributed by atoms with E-state index in [4.69, 9.17) is 5.14 Å². The molecule has 0 radical (unpaired) electrons. The standard InChI is InChI=1S/C20H15N3O7S2/c21-31(26,27)16-7-3-4-11-8-9-14(20(25)18(11)16)22-23-19-13-6-2-1-5-12(13)17(10-15(19)24)32(28,29)30/h1-10,24-25H,(H2,21,26,27)(H,28,29,30). The zero-order valence-corrected chi connectivity index (χ0v) is 17.7. The summed E-state index contributed by atoms with van der Waals surface area (Å²) >= 11 is 0. The number of rotatable bonds is 4. The minimum absolute atomic E-state index is 0.0396. The van der Waals surface area contributed by atoms with Crippen LogP contribution in [0.5, 0.6) is 11.5 Å². The average Bonchev–Trinajstić information content (AvgIpc) is 2.72. The monoisotopic (exact) mass is 473 g/mol. The van der Waals surface area contributed by atoms with E-state index in [1.165, 1.54) is 36.4 Å². The predicted molar refractivity (Wildman–Crippen MR) is 117 cm³/mol. The Balaban J connectivity index is 1.93. The normalized spacial score (nSPS) is 12.7. The van der Waals surface area contributed by atoms with Crippen LogP contribution in [0.3, 0.4) is 0 Å². The van der Waals surface area contributed by atoms with Gasteiger partial charge < -0.3 is 10.2 Å². The molecule has 0 saturated heterocycles. The number of fused-ring (bicyclic) bond motifs is 2. The highest BCUT2D eigenvalue weighted by Gasteiger charge is 2.20. The number of benzene rings is 4. The third-order valence-corrected chi connectivity index (χ3v) is 6.61. The Kier molecular flexibility index (Phi) is 5.09. The molecule has 0 spiro atoms. The molecule has 0 aliphatic rings. The van der Waals surface area contributed by atoms with Crippen molar-refractivity contribution in [2.45, 2.75) is 9.79 Å². The number of nitrogens with two attached hydrogens (primary N) is 1. The zero-order valence-electron chi connectivity index (χ0n) is 16.0. The molecule has 5 N–H and O–H groups in total. The van der Waals surface area contributed by atoms with E-state index in [0.717, 1.165) is 6.07 Å². The van der Waals surface area contributed by atoms with Crippen molar-refractivity contribution in [3.63, 3.8) is 0 Å². The molecule has 164 valence electrons. The summed E-state index contributed by atoms with van der Waals surface area (Å²) in [6.45, 7) is 0. The Labute approximate surface area is 182 Å². The second-order valence-corrected chi connectivity index (χ2v) is 9.72. The molecule has 0 unspecified atom stereocenters. The number of phenolic OH excluding ortho intramolecular Hbond substituents is 2. The van der Waals surface area contributed by atoms with E-state index in [0.29, 0.717) is 5.39 Å². The third-order valence-electron chi connectivity index (χ3n) is 4.76. The Morgan fingerprint density at radius 3 is 2.12 bits per heavy atom. The van der Waals surface area contributed by atoms with Crippen molar-refractivity contribution < 1.29 is 31.6 Å². The maximum atomic E-state index is 11.9. The SMILES string of the molecule is NS(=O)(=O)c1cccc2ccc(N=Nc3c(O)cc(S(=O)(=O)O)c4ccccc34)c(O)c12. The van der Waals surface area contributed by atoms with E-state index >= 15 is 0 Å². The van der Waals surface area contributed by atoms with E-state index in [2.05, 4.69) is 10.2 Å². The molecular weight excluding hydrogens is 458 g/mol. The average molecular weight is 473 g/mol. The summed E-state index contributed by atoms with van der Waals surface area (Å²) in [7, 11) is -8.77. The van der Waals surface area contributed by atoms with Gasteiger partial charge in [-0.3, -0.25) is 4.55 Å². The second-order valence-electron chi connectivity index (χ2n) is 6.80. The quantitative estimate of drug-likeness (QED) is 0.257. The third kappa shape index (κ3) is 3.76. The van der Waals surface area contributed by atoms with E-state index in [-0.39, 0.29) is 32.4 Å². The molecule has 0 atom stereocenters. The van der Waals surface area contributed by atoms with Gasteiger partial charge in [-0.2, -0.15) is 8.42 Å². The van der Waals surface area contributed by atoms with Gasteiger partial charge in [-0.1, -0.05) is 42.5 Å². The molecular formula is C20H15N3O7S2. The highest BCUT2D eigenvalue weighted by molar-refractivity contribution is 7.89. The summed E-state index contributed by atoms with van der Waals surface area (Å²) in [4.78, 5) is -0.800. The molecule has 4 aromatic rings. The van der Waals surface area contributed by atoms with Gasteiger partial charge in [0.05, 0.1) is 4.90 Å². The van der Waals surface area contributed by atoms with Crippen LogP contribution in [0.15, 0.2) is 80.7 Å². The van der Waals surface area contributed by atoms with Gasteiger partial charge >= 0.3 is 0 Å². The van der Waals surface area contributed by atoms with Crippen LogP contribution in [0.2, 0.25) is 0 Å². The van der Waals surface area contributed by atoms with Gasteiger partial charge in [0.15, 0.2) is 5.75 Å². The lowest BCUT2D eigenvalue weighted by molar-refractivity contribution is 0.468. The fourth-order valence-corrected chi connectivity index (χ4v) is 4.85. The van der Waals surface area contributed by atoms with Crippen LogP contribution in [0.25, 0.3) is 21.5 Å². The topological polar surface area (TPSA) is 180 Å². The lowest BCUT2D eigenvalue weighted by Crippen LogP contribution is -2.12. The first-order chi connectivity index (χ1) is 15.0. The van der Waals surface area contributed by atoms with Crippen molar-refractivity contribution in [3.8, 4) is 11.5 Å². The van der Waals surface area contributed by atoms with Crippen molar-refractivity contribution in [2.24, 2.45) is 15.4 Å². The van der Waals surface area contributed by atoms with Gasteiger partial charge in [0.1, 0.15) is 22.0 Å². The minimum Gasteiger partial charge on any atom is -0.506 e. The second kappa shape index (κ2) is 7.53. The van der Waals surface area contributed by atoms with Crippen molar-refractivity contribution in [1.29, 1.82) is 0 Å². The number of nitrogens with zero attached hydrogens (tertiary/aromatic N) is 2. The number of hydrogen-bond acceptors (Lipinski definition) is 8. The van der Waals surface area contributed by atoms with Crippen molar-refractivity contribution in [2.75, 3.05) is 0 Å². The molecule has 32 heavy (non-hydrogen) atoms. The number of hydrogen-bond donors (Lipinski definition) is 4. The largest absolute Gasteiger partial charge is 0.506 e. The number of azo groups is 1. The van der Waals surface area contributed by atoms with Gasteiger partial charge in [-0.05, 0) is 17.5 Å². The van der Waals surface area contributed by atoms with E-state index in [9.17, 15) is 31.6 Å². The van der Waals surface area contributed by atoms with Crippen molar-refractivity contribution >= 4 is 53.1 Å². The minimum atomic E-state index is -4.63. The number of sulfonamides is 1. The Morgan fingerprint density at radius 1 is 0.781 bits per heavy atom. The summed E-state index contributed by atoms with van der Waals surface area (Å²) in [6, 6.07) is 14.0. The highest BCUT2D eigenvalue weighted by atomic mass is 32.2. The summed E-state index contributed by atoms with van der Waals surface area (Å²) < 4.78 is 56.6. The van der Waals surface area contributed by atoms with Gasteiger partial charge in [-0.25, -0.2) is 13.6 Å². The number of aromatic hydroxyl groups is 2. The fourth-order valence-electron chi connectivity index (χ4n) is 3.37. The highest BCUT2D eigenvalue weighted by Crippen LogP contribution is 2.42. The number of primary sulfonamides is 1. The smallest absolute Gasteiger partial charge is 0.295 e. The lowest BCUT2D eigenvalue weighted by atomic mass is 10.1. The first-order valence-corrected chi connectivity index (χ1v) is 11.9. The van der Waals surface area contributed by atoms with Gasteiger partial charge in [0, 0.05) is 22.2 Å². The molecule has 4 aromatic carbocycles. The number of phenols is 2. The van der Waals surface area contributed by atoms with Gasteiger partial charge in [0.2, 0.25) is 10.0 Å². The summed E-state index contributed by atoms with van der Waals surface area (Å²) in [6.07, 6.45) is 0. The van der Waals surface area contributed by atoms with E-state index in [1.54, 1.807) is 18.2 Å². The molecule has 0 aliphatic heterocycles. The van der Waals surface area contributed by atoms with Crippen LogP contribution >= 0.6 is 0 Å². The summed E-state index contributed by atoms with van der Waals surface area (Å²) in [5.74, 6) is -1.07. The van der Waals surface area contributed by atoms with E-state index in [1.807, 2.05) is 0 Å². The van der Waals surface area contributed by atoms with Crippen molar-refractivity contribution in [3.05, 3.63) is 60.7 Å². The molecule has 4 rings (SSSR count). The Morgan fingerprint density at radius 2 is 1.47 bits per heavy atom. The molecule has 0 saturated carbocycles. The Bertz CT molecular complexity index is 1650. The molecule has 0 heterocycles. The van der Waals surface area contributed by atoms with Crippen LogP contribution < -0.4 is 5.14 Å². The predicted octanol–water partition coefficient (Wildman–Crippen LogP) is 3.71. The van der Waals surface area contributed by atoms with Crippen LogP contribution in [0.4, 0.5) is 11.4 Å². The van der Waals surface area contributed by atoms with Crippen LogP contribution in [0.1, 0.15) is 0 Å². The van der Waals surface area contributed by atoms with E-state index < -0.39 is 36.5 Å². The zero-order chi connectivity index (χ0) is 23.3. The van der Waals surface area contributed by atoms with Crippen LogP contribution in [-0.2, 0) is 20.1 Å². The summed E-state index contributed by atoms with van der Waals surface area (Å²) in [5, 5.41) is 34.7. The lowest BCUT2D eigenvalue weighted by Gasteiger charge is -2.09. The Hall–Kier alpha value is -3.58. The first kappa shape index (κ1) is 21.6. The molecule has 0 fully saturated rings. The summed E-state index contributed by atoms with van der Waals surface area (Å²) in [5.41, 5.74) is -0.233. The molecule has 0 bridgehead atoms. The maximum absolute atomic E-state index is 11.9. The van der Waals surface area contributed by atoms with Gasteiger partial charge in [-0.15, -0.1) is 10.2 Å². The molecule has 0 aliphatic carbocycles. The first-order valence-electron chi connectivity index (χ1n) is 8.90. The molecule has 0 amide bonds. The maximum Gasteiger partial charge on any atom is 0.295 e. The van der Waals surface area contributed by atoms with Crippen molar-refractivity contribution in [1.82, 2.24) is 0 Å².